The van der Waals surface area contributed by atoms with Crippen molar-refractivity contribution in [1.82, 2.24) is 0 Å². The van der Waals surface area contributed by atoms with Crippen molar-refractivity contribution in [1.29, 1.82) is 0 Å². The van der Waals surface area contributed by atoms with Crippen LogP contribution in [0.25, 0.3) is 0 Å². The number of benzene rings is 1. The molecular weight excluding hydrogens is 349 g/mol. The molecule has 1 aliphatic rings. The highest BCUT2D eigenvalue weighted by molar-refractivity contribution is 7.58. The minimum atomic E-state index is -3.35. The summed E-state index contributed by atoms with van der Waals surface area (Å²) in [5.74, 6) is 0.181. The molecule has 1 unspecified atom stereocenters. The molecule has 1 saturated carbocycles. The van der Waals surface area contributed by atoms with E-state index >= 15 is 0 Å². The Bertz CT molecular complexity index is 601. The van der Waals surface area contributed by atoms with Crippen LogP contribution in [0, 0.1) is 5.92 Å². The number of Topliss-reactive ketones (excluding diaryl/α,β-unsaturated/α-hetero) is 1. The quantitative estimate of drug-likeness (QED) is 0.541. The van der Waals surface area contributed by atoms with Gasteiger partial charge in [-0.25, -0.2) is 0 Å². The number of aliphatic hydroxyl groups excluding tert-OH is 1. The molecule has 0 aromatic heterocycles. The van der Waals surface area contributed by atoms with Crippen molar-refractivity contribution in [2.75, 3.05) is 12.3 Å². The van der Waals surface area contributed by atoms with Crippen molar-refractivity contribution < 1.29 is 19.4 Å². The summed E-state index contributed by atoms with van der Waals surface area (Å²) < 4.78 is 12.4. The zero-order valence-electron chi connectivity index (χ0n) is 15.4. The van der Waals surface area contributed by atoms with Crippen LogP contribution < -0.4 is 5.73 Å². The van der Waals surface area contributed by atoms with Gasteiger partial charge in [-0.3, -0.25) is 9.36 Å². The Morgan fingerprint density at radius 3 is 2.50 bits per heavy atom. The fourth-order valence-corrected chi connectivity index (χ4v) is 5.91. The molecule has 4 N–H and O–H groups in total. The molecule has 1 aromatic carbocycles. The number of carbonyl (C=O) groups is 1. The molecule has 0 aliphatic heterocycles. The van der Waals surface area contributed by atoms with Gasteiger partial charge in [0.25, 0.3) is 0 Å². The summed E-state index contributed by atoms with van der Waals surface area (Å²) in [6, 6.07) is 8.97. The summed E-state index contributed by atoms with van der Waals surface area (Å²) in [4.78, 5) is 22.4. The van der Waals surface area contributed by atoms with Gasteiger partial charge in [0.1, 0.15) is 5.78 Å². The van der Waals surface area contributed by atoms with Crippen LogP contribution in [0.3, 0.4) is 0 Å². The maximum absolute atomic E-state index is 12.4. The van der Waals surface area contributed by atoms with Gasteiger partial charge in [-0.05, 0) is 37.2 Å². The first kappa shape index (κ1) is 21.3. The van der Waals surface area contributed by atoms with E-state index in [1.54, 1.807) is 0 Å². The minimum absolute atomic E-state index is 0.118. The van der Waals surface area contributed by atoms with Crippen LogP contribution in [-0.2, 0) is 15.8 Å². The summed E-state index contributed by atoms with van der Waals surface area (Å²) in [5, 5.41) is 10.1. The molecule has 3 atom stereocenters. The number of hydrogen-bond donors (Lipinski definition) is 3. The molecule has 2 rings (SSSR count). The predicted molar refractivity (Wildman–Crippen MR) is 105 cm³/mol. The topological polar surface area (TPSA) is 101 Å². The number of rotatable bonds is 10. The number of hydrogen-bond acceptors (Lipinski definition) is 4. The Balaban J connectivity index is 1.71. The summed E-state index contributed by atoms with van der Waals surface area (Å²) >= 11 is 0. The van der Waals surface area contributed by atoms with Crippen molar-refractivity contribution in [3.63, 3.8) is 0 Å². The second kappa shape index (κ2) is 10.4. The molecule has 146 valence electrons. The zero-order chi connectivity index (χ0) is 19.0. The van der Waals surface area contributed by atoms with E-state index < -0.39 is 19.5 Å². The molecule has 1 fully saturated rings. The average Bonchev–Trinajstić information content (AvgIpc) is 2.60. The summed E-state index contributed by atoms with van der Waals surface area (Å²) in [6.07, 6.45) is 5.52. The third kappa shape index (κ3) is 7.71. The normalized spacial score (nSPS) is 20.3. The fraction of sp³-hybridized carbons (Fsp3) is 0.650. The number of nitrogens with two attached hydrogens (primary N) is 1. The number of ketones is 1. The highest BCUT2D eigenvalue weighted by atomic mass is 31.2. The molecular formula is C20H32NO4P. The van der Waals surface area contributed by atoms with Crippen molar-refractivity contribution in [2.45, 2.75) is 63.5 Å². The van der Waals surface area contributed by atoms with Gasteiger partial charge in [0.05, 0.1) is 18.3 Å². The van der Waals surface area contributed by atoms with Gasteiger partial charge < -0.3 is 15.7 Å². The lowest BCUT2D eigenvalue weighted by molar-refractivity contribution is -0.120. The average molecular weight is 381 g/mol. The Morgan fingerprint density at radius 2 is 1.85 bits per heavy atom. The summed E-state index contributed by atoms with van der Waals surface area (Å²) in [6.45, 7) is 0. The predicted octanol–water partition coefficient (Wildman–Crippen LogP) is 3.12. The van der Waals surface area contributed by atoms with Crippen LogP contribution in [-0.4, -0.2) is 40.3 Å². The number of carbonyl (C=O) groups excluding carboxylic acids is 1. The Morgan fingerprint density at radius 1 is 1.19 bits per heavy atom. The lowest BCUT2D eigenvalue weighted by Crippen LogP contribution is -2.33. The van der Waals surface area contributed by atoms with Crippen LogP contribution in [0.5, 0.6) is 0 Å². The standard InChI is InChI=1S/C20H32NO4P/c21-19(13-16-7-3-1-4-8-16)20(23)12-11-18(22)15-26(24,25)14-17-9-5-2-6-10-17/h1,3-4,7-8,17-19,22H,2,5-6,9-15,21H2,(H,24,25)/t18-,19+/m1/s1. The van der Waals surface area contributed by atoms with Crippen molar-refractivity contribution in [3.8, 4) is 0 Å². The SMILES string of the molecule is N[C@@H](Cc1ccccc1)C(=O)CC[C@@H](O)CP(=O)(O)CC1CCCCC1. The fourth-order valence-electron chi connectivity index (χ4n) is 3.74. The van der Waals surface area contributed by atoms with E-state index in [0.717, 1.165) is 31.2 Å². The maximum atomic E-state index is 12.4. The number of aliphatic hydroxyl groups is 1. The molecule has 6 heteroatoms. The lowest BCUT2D eigenvalue weighted by atomic mass is 9.91. The minimum Gasteiger partial charge on any atom is -0.393 e. The van der Waals surface area contributed by atoms with E-state index in [4.69, 9.17) is 5.73 Å². The van der Waals surface area contributed by atoms with Crippen molar-refractivity contribution >= 4 is 13.2 Å². The second-order valence-corrected chi connectivity index (χ2v) is 10.1. The van der Waals surface area contributed by atoms with Crippen LogP contribution in [0.15, 0.2) is 30.3 Å². The van der Waals surface area contributed by atoms with E-state index in [0.29, 0.717) is 18.5 Å². The van der Waals surface area contributed by atoms with Gasteiger partial charge in [0, 0.05) is 12.6 Å². The van der Waals surface area contributed by atoms with Gasteiger partial charge in [0.15, 0.2) is 0 Å². The molecule has 0 bridgehead atoms. The van der Waals surface area contributed by atoms with Gasteiger partial charge in [-0.15, -0.1) is 0 Å². The van der Waals surface area contributed by atoms with E-state index in [-0.39, 0.29) is 24.8 Å². The van der Waals surface area contributed by atoms with E-state index in [9.17, 15) is 19.4 Å². The third-order valence-corrected chi connectivity index (χ3v) is 7.28. The molecule has 0 heterocycles. The van der Waals surface area contributed by atoms with Gasteiger partial charge in [0.2, 0.25) is 7.37 Å². The van der Waals surface area contributed by atoms with E-state index in [1.165, 1.54) is 6.42 Å². The van der Waals surface area contributed by atoms with Crippen LogP contribution >= 0.6 is 7.37 Å². The summed E-state index contributed by atoms with van der Waals surface area (Å²) in [5.41, 5.74) is 6.95. The molecule has 0 spiro atoms. The van der Waals surface area contributed by atoms with Crippen LogP contribution in [0.1, 0.15) is 50.5 Å². The molecule has 26 heavy (non-hydrogen) atoms. The van der Waals surface area contributed by atoms with E-state index in [2.05, 4.69) is 0 Å². The molecule has 5 nitrogen and oxygen atoms in total. The zero-order valence-corrected chi connectivity index (χ0v) is 16.3. The highest BCUT2D eigenvalue weighted by Crippen LogP contribution is 2.46. The first-order valence-electron chi connectivity index (χ1n) is 9.67. The molecule has 1 aliphatic carbocycles. The largest absolute Gasteiger partial charge is 0.393 e. The second-order valence-electron chi connectivity index (χ2n) is 7.67. The summed E-state index contributed by atoms with van der Waals surface area (Å²) in [7, 11) is -3.35. The Kier molecular flexibility index (Phi) is 8.49. The first-order valence-corrected chi connectivity index (χ1v) is 11.7. The highest BCUT2D eigenvalue weighted by Gasteiger charge is 2.28. The molecule has 0 radical (unpaired) electrons. The van der Waals surface area contributed by atoms with Gasteiger partial charge in [-0.2, -0.15) is 0 Å². The van der Waals surface area contributed by atoms with Gasteiger partial charge >= 0.3 is 0 Å². The van der Waals surface area contributed by atoms with E-state index in [1.807, 2.05) is 30.3 Å². The molecule has 1 aromatic rings. The molecule has 0 amide bonds. The maximum Gasteiger partial charge on any atom is 0.203 e. The smallest absolute Gasteiger partial charge is 0.203 e. The Hall–Kier alpha value is -1.00. The Labute approximate surface area is 156 Å². The van der Waals surface area contributed by atoms with Crippen LogP contribution in [0.4, 0.5) is 0 Å². The molecule has 0 saturated heterocycles. The van der Waals surface area contributed by atoms with Gasteiger partial charge in [-0.1, -0.05) is 49.6 Å². The monoisotopic (exact) mass is 381 g/mol. The van der Waals surface area contributed by atoms with Crippen molar-refractivity contribution in [2.24, 2.45) is 11.7 Å². The first-order chi connectivity index (χ1) is 12.4. The van der Waals surface area contributed by atoms with Crippen LogP contribution in [0.2, 0.25) is 0 Å². The lowest BCUT2D eigenvalue weighted by Gasteiger charge is -2.25. The van der Waals surface area contributed by atoms with Crippen molar-refractivity contribution in [3.05, 3.63) is 35.9 Å². The third-order valence-electron chi connectivity index (χ3n) is 5.20.